The van der Waals surface area contributed by atoms with Crippen LogP contribution in [-0.4, -0.2) is 0 Å². The van der Waals surface area contributed by atoms with Crippen LogP contribution in [0.15, 0.2) is 109 Å². The summed E-state index contributed by atoms with van der Waals surface area (Å²) in [6, 6.07) is 31.7. The van der Waals surface area contributed by atoms with Crippen LogP contribution in [0, 0.1) is 0 Å². The second-order valence-corrected chi connectivity index (χ2v) is 13.8. The van der Waals surface area contributed by atoms with E-state index in [1.165, 1.54) is 15.9 Å². The first-order valence-corrected chi connectivity index (χ1v) is 11.8. The number of benzene rings is 3. The van der Waals surface area contributed by atoms with Gasteiger partial charge in [0.1, 0.15) is 0 Å². The molecule has 0 amide bonds. The van der Waals surface area contributed by atoms with Crippen LogP contribution in [0.3, 0.4) is 0 Å². The van der Waals surface area contributed by atoms with Gasteiger partial charge in [0.15, 0.2) is 0 Å². The van der Waals surface area contributed by atoms with E-state index in [1.54, 1.807) is 0 Å². The van der Waals surface area contributed by atoms with Crippen LogP contribution in [0.25, 0.3) is 0 Å². The molecular formula is C21H18BrP. The van der Waals surface area contributed by atoms with Gasteiger partial charge < -0.3 is 0 Å². The van der Waals surface area contributed by atoms with E-state index >= 15 is 0 Å². The molecule has 0 saturated heterocycles. The van der Waals surface area contributed by atoms with Crippen LogP contribution in [0.1, 0.15) is 0 Å². The minimum atomic E-state index is -2.92. The van der Waals surface area contributed by atoms with Gasteiger partial charge in [-0.1, -0.05) is 0 Å². The normalized spacial score (nSPS) is 12.7. The summed E-state index contributed by atoms with van der Waals surface area (Å²) < 4.78 is 0. The zero-order chi connectivity index (χ0) is 16.2. The van der Waals surface area contributed by atoms with Gasteiger partial charge in [0.2, 0.25) is 0 Å². The van der Waals surface area contributed by atoms with Crippen molar-refractivity contribution in [3.63, 3.8) is 0 Å². The number of hydrogen-bond donors (Lipinski definition) is 0. The van der Waals surface area contributed by atoms with Gasteiger partial charge in [-0.3, -0.25) is 0 Å². The summed E-state index contributed by atoms with van der Waals surface area (Å²) in [5.41, 5.74) is 3.08. The predicted octanol–water partition coefficient (Wildman–Crippen LogP) is 5.12. The van der Waals surface area contributed by atoms with E-state index in [-0.39, 0.29) is 0 Å². The van der Waals surface area contributed by atoms with Gasteiger partial charge >= 0.3 is 146 Å². The van der Waals surface area contributed by atoms with Crippen LogP contribution in [0.4, 0.5) is 0 Å². The Morgan fingerprint density at radius 2 is 0.957 bits per heavy atom. The Hall–Kier alpha value is -1.91. The monoisotopic (exact) mass is 380 g/mol. The zero-order valence-corrected chi connectivity index (χ0v) is 15.3. The first kappa shape index (κ1) is 16.0. The Morgan fingerprint density at radius 1 is 0.652 bits per heavy atom. The molecule has 0 aliphatic heterocycles. The standard InChI is InChI=1S/C21H18BrP/c1-2-18-23(22,19-12-6-3-7-13-19,20-14-8-4-9-15-20)21-16-10-5-11-17-21/h3-18H,1H2. The van der Waals surface area contributed by atoms with Gasteiger partial charge in [-0.15, -0.1) is 0 Å². The summed E-state index contributed by atoms with van der Waals surface area (Å²) >= 11 is 4.25. The van der Waals surface area contributed by atoms with E-state index in [4.69, 9.17) is 0 Å². The van der Waals surface area contributed by atoms with Crippen LogP contribution >= 0.6 is 20.8 Å². The van der Waals surface area contributed by atoms with Crippen molar-refractivity contribution < 1.29 is 0 Å². The summed E-state index contributed by atoms with van der Waals surface area (Å²) in [7, 11) is 0. The first-order chi connectivity index (χ1) is 11.2. The molecule has 3 aromatic rings. The Balaban J connectivity index is 2.49. The molecule has 0 aromatic heterocycles. The fourth-order valence-electron chi connectivity index (χ4n) is 3.00. The Bertz CT molecular complexity index is 735. The maximum atomic E-state index is 4.25. The van der Waals surface area contributed by atoms with Crippen molar-refractivity contribution in [2.24, 2.45) is 0 Å². The summed E-state index contributed by atoms with van der Waals surface area (Å²) in [5, 5.41) is 0.812. The number of hydrogen-bond acceptors (Lipinski definition) is 0. The van der Waals surface area contributed by atoms with Crippen molar-refractivity contribution in [3.8, 4) is 0 Å². The summed E-state index contributed by atoms with van der Waals surface area (Å²) in [6.07, 6.45) is 0. The third-order valence-corrected chi connectivity index (χ3v) is 13.0. The van der Waals surface area contributed by atoms with Gasteiger partial charge in [-0.25, -0.2) is 0 Å². The van der Waals surface area contributed by atoms with Gasteiger partial charge in [0.05, 0.1) is 0 Å². The van der Waals surface area contributed by atoms with Crippen LogP contribution in [0.5, 0.6) is 0 Å². The molecule has 0 fully saturated rings. The summed E-state index contributed by atoms with van der Waals surface area (Å²) in [4.78, 5) is 0. The van der Waals surface area contributed by atoms with Gasteiger partial charge in [0, 0.05) is 0 Å². The second-order valence-electron chi connectivity index (χ2n) is 5.41. The molecule has 0 unspecified atom stereocenters. The van der Waals surface area contributed by atoms with Crippen molar-refractivity contribution in [2.75, 3.05) is 0 Å². The quantitative estimate of drug-likeness (QED) is 0.435. The molecule has 0 heterocycles. The fraction of sp³-hybridized carbons (Fsp3) is 0. The van der Waals surface area contributed by atoms with Crippen molar-refractivity contribution in [1.29, 1.82) is 0 Å². The van der Waals surface area contributed by atoms with Gasteiger partial charge in [0.25, 0.3) is 0 Å². The van der Waals surface area contributed by atoms with Gasteiger partial charge in [-0.05, 0) is 0 Å². The SMILES string of the molecule is C=C=CP(Br)(c1ccccc1)(c1ccccc1)c1ccccc1. The van der Waals surface area contributed by atoms with E-state index in [0.717, 1.165) is 0 Å². The van der Waals surface area contributed by atoms with E-state index in [1.807, 2.05) is 18.2 Å². The van der Waals surface area contributed by atoms with E-state index in [0.29, 0.717) is 0 Å². The molecule has 0 aliphatic rings. The molecule has 2 heteroatoms. The maximum absolute atomic E-state index is 4.25. The molecule has 114 valence electrons. The number of halogens is 1. The first-order valence-electron chi connectivity index (χ1n) is 7.47. The third-order valence-electron chi connectivity index (χ3n) is 4.12. The van der Waals surface area contributed by atoms with Crippen molar-refractivity contribution in [2.45, 2.75) is 0 Å². The van der Waals surface area contributed by atoms with E-state index in [9.17, 15) is 0 Å². The average molecular weight is 381 g/mol. The van der Waals surface area contributed by atoms with E-state index < -0.39 is 5.31 Å². The third kappa shape index (κ3) is 2.52. The van der Waals surface area contributed by atoms with Crippen LogP contribution in [0.2, 0.25) is 0 Å². The Kier molecular flexibility index (Phi) is 4.37. The molecule has 0 atom stereocenters. The second kappa shape index (κ2) is 6.30. The number of rotatable bonds is 4. The molecule has 0 bridgehead atoms. The topological polar surface area (TPSA) is 0 Å². The zero-order valence-electron chi connectivity index (χ0n) is 12.8. The molecule has 0 radical (unpaired) electrons. The van der Waals surface area contributed by atoms with Crippen LogP contribution < -0.4 is 15.9 Å². The molecule has 0 saturated carbocycles. The average Bonchev–Trinajstić information content (AvgIpc) is 2.64. The molecular weight excluding hydrogens is 363 g/mol. The molecule has 0 nitrogen and oxygen atoms in total. The van der Waals surface area contributed by atoms with Crippen LogP contribution in [-0.2, 0) is 0 Å². The van der Waals surface area contributed by atoms with E-state index in [2.05, 4.69) is 106 Å². The molecule has 3 rings (SSSR count). The molecule has 0 aliphatic carbocycles. The molecule has 0 spiro atoms. The molecule has 0 N–H and O–H groups in total. The fourth-order valence-corrected chi connectivity index (χ4v) is 9.51. The van der Waals surface area contributed by atoms with Crippen molar-refractivity contribution >= 4 is 36.7 Å². The molecule has 23 heavy (non-hydrogen) atoms. The minimum absolute atomic E-state index is 1.24. The van der Waals surface area contributed by atoms with Crippen molar-refractivity contribution in [3.05, 3.63) is 109 Å². The van der Waals surface area contributed by atoms with Crippen molar-refractivity contribution in [1.82, 2.24) is 0 Å². The summed E-state index contributed by atoms with van der Waals surface area (Å²) in [5.74, 6) is 2.13. The Morgan fingerprint density at radius 3 is 1.22 bits per heavy atom. The Labute approximate surface area is 145 Å². The molecule has 3 aromatic carbocycles. The predicted molar refractivity (Wildman–Crippen MR) is 108 cm³/mol. The van der Waals surface area contributed by atoms with Gasteiger partial charge in [-0.2, -0.15) is 0 Å². The summed E-state index contributed by atoms with van der Waals surface area (Å²) in [6.45, 7) is 3.89.